The van der Waals surface area contributed by atoms with Gasteiger partial charge in [-0.2, -0.15) is 4.72 Å². The average Bonchev–Trinajstić information content (AvgIpc) is 3.10. The summed E-state index contributed by atoms with van der Waals surface area (Å²) in [7, 11) is -4.01. The Morgan fingerprint density at radius 3 is 2.20 bits per heavy atom. The maximum atomic E-state index is 12.3. The van der Waals surface area contributed by atoms with Gasteiger partial charge in [0.15, 0.2) is 0 Å². The quantitative estimate of drug-likeness (QED) is 0.864. The van der Waals surface area contributed by atoms with Gasteiger partial charge < -0.3 is 5.11 Å². The third-order valence-electron chi connectivity index (χ3n) is 3.33. The van der Waals surface area contributed by atoms with Crippen LogP contribution in [0.4, 0.5) is 0 Å². The summed E-state index contributed by atoms with van der Waals surface area (Å²) >= 11 is 11.5. The number of hydrogen-bond acceptors (Lipinski definition) is 3. The molecule has 1 aromatic rings. The highest BCUT2D eigenvalue weighted by Crippen LogP contribution is 2.40. The lowest BCUT2D eigenvalue weighted by atomic mass is 9.98. The number of halogens is 2. The van der Waals surface area contributed by atoms with Crippen LogP contribution in [0.25, 0.3) is 0 Å². The second-order valence-electron chi connectivity index (χ2n) is 4.99. The fourth-order valence-corrected chi connectivity index (χ4v) is 4.13. The largest absolute Gasteiger partial charge is 0.480 e. The maximum Gasteiger partial charge on any atom is 0.324 e. The molecule has 0 bridgehead atoms. The van der Waals surface area contributed by atoms with E-state index in [2.05, 4.69) is 4.72 Å². The first-order valence-electron chi connectivity index (χ1n) is 5.88. The predicted octanol–water partition coefficient (Wildman–Crippen LogP) is 2.53. The molecule has 8 heteroatoms. The number of carbonyl (C=O) groups is 1. The van der Waals surface area contributed by atoms with Crippen LogP contribution in [0.1, 0.15) is 19.8 Å². The van der Waals surface area contributed by atoms with E-state index in [9.17, 15) is 18.3 Å². The Balaban J connectivity index is 2.37. The molecule has 0 heterocycles. The number of nitrogens with one attached hydrogen (secondary N) is 1. The summed E-state index contributed by atoms with van der Waals surface area (Å²) in [6.45, 7) is 1.37. The van der Waals surface area contributed by atoms with Crippen LogP contribution in [-0.2, 0) is 14.8 Å². The number of rotatable bonds is 5. The van der Waals surface area contributed by atoms with Crippen molar-refractivity contribution in [1.82, 2.24) is 4.72 Å². The van der Waals surface area contributed by atoms with E-state index >= 15 is 0 Å². The van der Waals surface area contributed by atoms with E-state index in [0.717, 1.165) is 0 Å². The van der Waals surface area contributed by atoms with Gasteiger partial charge in [-0.15, -0.1) is 0 Å². The first-order valence-corrected chi connectivity index (χ1v) is 8.12. The lowest BCUT2D eigenvalue weighted by Crippen LogP contribution is -2.53. The first kappa shape index (κ1) is 15.6. The van der Waals surface area contributed by atoms with Crippen molar-refractivity contribution in [3.8, 4) is 0 Å². The molecule has 2 rings (SSSR count). The van der Waals surface area contributed by atoms with Gasteiger partial charge in [0.2, 0.25) is 10.0 Å². The van der Waals surface area contributed by atoms with Crippen molar-refractivity contribution in [3.05, 3.63) is 28.2 Å². The van der Waals surface area contributed by atoms with E-state index in [1.54, 1.807) is 0 Å². The molecule has 0 spiro atoms. The van der Waals surface area contributed by atoms with Gasteiger partial charge >= 0.3 is 5.97 Å². The monoisotopic (exact) mass is 337 g/mol. The van der Waals surface area contributed by atoms with Crippen LogP contribution in [0.2, 0.25) is 10.0 Å². The zero-order chi connectivity index (χ0) is 15.1. The van der Waals surface area contributed by atoms with Crippen molar-refractivity contribution in [2.45, 2.75) is 30.2 Å². The maximum absolute atomic E-state index is 12.3. The molecule has 1 aliphatic carbocycles. The van der Waals surface area contributed by atoms with Crippen molar-refractivity contribution in [1.29, 1.82) is 0 Å². The minimum atomic E-state index is -4.01. The van der Waals surface area contributed by atoms with E-state index in [1.165, 1.54) is 25.1 Å². The second-order valence-corrected chi connectivity index (χ2v) is 7.55. The Hall–Kier alpha value is -0.820. The van der Waals surface area contributed by atoms with Crippen molar-refractivity contribution in [3.63, 3.8) is 0 Å². The highest BCUT2D eigenvalue weighted by molar-refractivity contribution is 7.89. The lowest BCUT2D eigenvalue weighted by Gasteiger charge is -2.25. The Labute approximate surface area is 126 Å². The number of hydrogen-bond donors (Lipinski definition) is 2. The molecule has 1 unspecified atom stereocenters. The molecule has 0 radical (unpaired) electrons. The zero-order valence-corrected chi connectivity index (χ0v) is 12.9. The minimum absolute atomic E-state index is 0.150. The summed E-state index contributed by atoms with van der Waals surface area (Å²) in [5.74, 6) is -1.40. The Bertz CT molecular complexity index is 637. The van der Waals surface area contributed by atoms with Crippen LogP contribution >= 0.6 is 23.2 Å². The highest BCUT2D eigenvalue weighted by atomic mass is 35.5. The molecule has 1 aliphatic rings. The SMILES string of the molecule is CC(NS(=O)(=O)c1cc(Cl)cc(Cl)c1)(C(=O)O)C1CC1. The summed E-state index contributed by atoms with van der Waals surface area (Å²) < 4.78 is 26.9. The highest BCUT2D eigenvalue weighted by Gasteiger charge is 2.50. The molecule has 1 atom stereocenters. The molecule has 110 valence electrons. The Morgan fingerprint density at radius 2 is 1.80 bits per heavy atom. The average molecular weight is 338 g/mol. The van der Waals surface area contributed by atoms with Gasteiger partial charge in [-0.25, -0.2) is 8.42 Å². The molecule has 20 heavy (non-hydrogen) atoms. The van der Waals surface area contributed by atoms with Crippen LogP contribution in [0.3, 0.4) is 0 Å². The van der Waals surface area contributed by atoms with E-state index in [1.807, 2.05) is 0 Å². The van der Waals surface area contributed by atoms with Crippen molar-refractivity contribution in [2.75, 3.05) is 0 Å². The molecule has 5 nitrogen and oxygen atoms in total. The standard InChI is InChI=1S/C12H13Cl2NO4S/c1-12(11(16)17,7-2-3-7)15-20(18,19)10-5-8(13)4-9(14)6-10/h4-7,15H,2-3H2,1H3,(H,16,17). The number of sulfonamides is 1. The molecule has 0 saturated heterocycles. The summed E-state index contributed by atoms with van der Waals surface area (Å²) in [6, 6.07) is 3.86. The molecule has 2 N–H and O–H groups in total. The predicted molar refractivity (Wildman–Crippen MR) is 75.5 cm³/mol. The van der Waals surface area contributed by atoms with Crippen LogP contribution < -0.4 is 4.72 Å². The van der Waals surface area contributed by atoms with Crippen LogP contribution in [0.5, 0.6) is 0 Å². The normalized spacial score (nSPS) is 18.6. The summed E-state index contributed by atoms with van der Waals surface area (Å²) in [5, 5.41) is 9.62. The Kier molecular flexibility index (Phi) is 4.03. The minimum Gasteiger partial charge on any atom is -0.480 e. The number of carboxylic acids is 1. The molecular weight excluding hydrogens is 325 g/mol. The number of aliphatic carboxylic acids is 1. The van der Waals surface area contributed by atoms with Crippen molar-refractivity contribution >= 4 is 39.2 Å². The van der Waals surface area contributed by atoms with E-state index in [0.29, 0.717) is 12.8 Å². The number of benzene rings is 1. The van der Waals surface area contributed by atoms with E-state index in [4.69, 9.17) is 23.2 Å². The van der Waals surface area contributed by atoms with Crippen molar-refractivity contribution < 1.29 is 18.3 Å². The van der Waals surface area contributed by atoms with Gasteiger partial charge in [0.25, 0.3) is 0 Å². The smallest absolute Gasteiger partial charge is 0.324 e. The Morgan fingerprint density at radius 1 is 1.30 bits per heavy atom. The summed E-state index contributed by atoms with van der Waals surface area (Å²) in [4.78, 5) is 11.2. The first-order chi connectivity index (χ1) is 9.15. The molecule has 0 aromatic heterocycles. The topological polar surface area (TPSA) is 83.5 Å². The third-order valence-corrected chi connectivity index (χ3v) is 5.32. The van der Waals surface area contributed by atoms with Crippen LogP contribution in [-0.4, -0.2) is 25.0 Å². The fourth-order valence-electron chi connectivity index (χ4n) is 1.98. The van der Waals surface area contributed by atoms with Gasteiger partial charge in [-0.3, -0.25) is 4.79 Å². The van der Waals surface area contributed by atoms with Crippen molar-refractivity contribution in [2.24, 2.45) is 5.92 Å². The zero-order valence-electron chi connectivity index (χ0n) is 10.6. The molecule has 1 saturated carbocycles. The molecule has 1 aromatic carbocycles. The number of carboxylic acid groups (broad SMARTS) is 1. The second kappa shape index (κ2) is 5.18. The van der Waals surface area contributed by atoms with E-state index in [-0.39, 0.29) is 20.9 Å². The molecule has 0 amide bonds. The summed E-state index contributed by atoms with van der Waals surface area (Å²) in [6.07, 6.45) is 1.36. The van der Waals surface area contributed by atoms with Gasteiger partial charge in [0.1, 0.15) is 5.54 Å². The fraction of sp³-hybridized carbons (Fsp3) is 0.417. The molecule has 1 fully saturated rings. The van der Waals surface area contributed by atoms with Gasteiger partial charge in [-0.1, -0.05) is 23.2 Å². The molecule has 0 aliphatic heterocycles. The third kappa shape index (κ3) is 3.09. The van der Waals surface area contributed by atoms with Gasteiger partial charge in [-0.05, 0) is 43.9 Å². The molecular formula is C12H13Cl2NO4S. The van der Waals surface area contributed by atoms with Crippen LogP contribution in [0.15, 0.2) is 23.1 Å². The van der Waals surface area contributed by atoms with Crippen LogP contribution in [0, 0.1) is 5.92 Å². The van der Waals surface area contributed by atoms with Gasteiger partial charge in [0, 0.05) is 10.0 Å². The summed E-state index contributed by atoms with van der Waals surface area (Å²) in [5.41, 5.74) is -1.52. The van der Waals surface area contributed by atoms with Gasteiger partial charge in [0.05, 0.1) is 4.90 Å². The van der Waals surface area contributed by atoms with E-state index < -0.39 is 21.5 Å². The lowest BCUT2D eigenvalue weighted by molar-refractivity contribution is -0.144.